The molecule has 28 heavy (non-hydrogen) atoms. The van der Waals surface area contributed by atoms with E-state index in [4.69, 9.17) is 14.6 Å². The van der Waals surface area contributed by atoms with Crippen LogP contribution in [-0.4, -0.2) is 28.2 Å². The molecule has 0 amide bonds. The molecule has 2 aliphatic heterocycles. The molecule has 0 radical (unpaired) electrons. The molecule has 144 valence electrons. The summed E-state index contributed by atoms with van der Waals surface area (Å²) in [6, 6.07) is 16.4. The van der Waals surface area contributed by atoms with Crippen molar-refractivity contribution < 1.29 is 14.6 Å². The molecule has 0 aromatic heterocycles. The second kappa shape index (κ2) is 6.59. The molecule has 2 heterocycles. The molecule has 0 saturated heterocycles. The molecule has 0 fully saturated rings. The lowest BCUT2D eigenvalue weighted by molar-refractivity contribution is -0.0944. The minimum absolute atomic E-state index is 0.105. The second-order valence-corrected chi connectivity index (χ2v) is 7.54. The molecule has 5 nitrogen and oxygen atoms in total. The van der Waals surface area contributed by atoms with Crippen molar-refractivity contribution in [2.45, 2.75) is 44.4 Å². The van der Waals surface area contributed by atoms with Gasteiger partial charge in [-0.25, -0.2) is 5.01 Å². The van der Waals surface area contributed by atoms with E-state index in [1.807, 2.05) is 43.3 Å². The Morgan fingerprint density at radius 3 is 2.82 bits per heavy atom. The molecule has 1 N–H and O–H groups in total. The zero-order chi connectivity index (χ0) is 19.1. The van der Waals surface area contributed by atoms with Crippen molar-refractivity contribution in [3.05, 3.63) is 71.5 Å². The van der Waals surface area contributed by atoms with Gasteiger partial charge >= 0.3 is 0 Å². The maximum Gasteiger partial charge on any atom is 0.220 e. The number of nitrogens with zero attached hydrogens (tertiary/aromatic N) is 2. The standard InChI is InChI=1S/C23H24N2O3/c1-2-27-18-11-9-16(10-12-18)20-14-21-19-7-3-4-8-22(19)28-23(25(21)24-20)13-5-6-17(26)15-23/h3-4,7-12,15,21,26H,2,5-6,13-14H2,1H3/t21-,23-/m1/s1. The molecule has 5 heteroatoms. The summed E-state index contributed by atoms with van der Waals surface area (Å²) in [6.07, 6.45) is 5.04. The van der Waals surface area contributed by atoms with E-state index in [1.165, 1.54) is 0 Å². The summed E-state index contributed by atoms with van der Waals surface area (Å²) in [7, 11) is 0. The third kappa shape index (κ3) is 2.73. The van der Waals surface area contributed by atoms with E-state index in [2.05, 4.69) is 23.2 Å². The Hall–Kier alpha value is -2.95. The lowest BCUT2D eigenvalue weighted by Gasteiger charge is -2.47. The van der Waals surface area contributed by atoms with E-state index in [0.29, 0.717) is 18.8 Å². The lowest BCUT2D eigenvalue weighted by atomic mass is 9.90. The third-order valence-corrected chi connectivity index (χ3v) is 5.72. The summed E-state index contributed by atoms with van der Waals surface area (Å²) < 4.78 is 12.0. The maximum absolute atomic E-state index is 10.3. The van der Waals surface area contributed by atoms with Crippen molar-refractivity contribution in [3.8, 4) is 11.5 Å². The lowest BCUT2D eigenvalue weighted by Crippen LogP contribution is -2.53. The molecule has 0 bridgehead atoms. The van der Waals surface area contributed by atoms with Gasteiger partial charge in [0, 0.05) is 30.9 Å². The van der Waals surface area contributed by atoms with Gasteiger partial charge in [0.15, 0.2) is 0 Å². The van der Waals surface area contributed by atoms with Gasteiger partial charge in [-0.3, -0.25) is 0 Å². The van der Waals surface area contributed by atoms with E-state index < -0.39 is 5.72 Å². The summed E-state index contributed by atoms with van der Waals surface area (Å²) in [5.41, 5.74) is 2.56. The van der Waals surface area contributed by atoms with Crippen molar-refractivity contribution in [3.63, 3.8) is 0 Å². The largest absolute Gasteiger partial charge is 0.512 e. The number of allylic oxidation sites excluding steroid dienone is 1. The fourth-order valence-electron chi connectivity index (χ4n) is 4.46. The number of fused-ring (bicyclic) bond motifs is 4. The molecule has 0 saturated carbocycles. The predicted molar refractivity (Wildman–Crippen MR) is 108 cm³/mol. The van der Waals surface area contributed by atoms with Gasteiger partial charge in [0.2, 0.25) is 5.72 Å². The van der Waals surface area contributed by atoms with Crippen LogP contribution in [-0.2, 0) is 0 Å². The maximum atomic E-state index is 10.3. The van der Waals surface area contributed by atoms with Crippen LogP contribution < -0.4 is 9.47 Å². The van der Waals surface area contributed by atoms with Crippen LogP contribution in [0.4, 0.5) is 0 Å². The van der Waals surface area contributed by atoms with Gasteiger partial charge in [-0.2, -0.15) is 5.10 Å². The van der Waals surface area contributed by atoms with Gasteiger partial charge in [0.25, 0.3) is 0 Å². The van der Waals surface area contributed by atoms with E-state index in [0.717, 1.165) is 47.6 Å². The zero-order valence-corrected chi connectivity index (χ0v) is 16.0. The fourth-order valence-corrected chi connectivity index (χ4v) is 4.46. The second-order valence-electron chi connectivity index (χ2n) is 7.54. The minimum atomic E-state index is -0.714. The van der Waals surface area contributed by atoms with Gasteiger partial charge in [0.1, 0.15) is 11.5 Å². The summed E-state index contributed by atoms with van der Waals surface area (Å²) in [5.74, 6) is 2.14. The number of aliphatic hydroxyl groups is 1. The van der Waals surface area contributed by atoms with Crippen molar-refractivity contribution >= 4 is 5.71 Å². The number of hydrogen-bond acceptors (Lipinski definition) is 5. The van der Waals surface area contributed by atoms with E-state index >= 15 is 0 Å². The molecule has 1 aliphatic carbocycles. The van der Waals surface area contributed by atoms with Crippen molar-refractivity contribution in [1.82, 2.24) is 5.01 Å². The summed E-state index contributed by atoms with van der Waals surface area (Å²) in [5, 5.41) is 17.3. The first kappa shape index (κ1) is 17.2. The number of hydrazone groups is 1. The van der Waals surface area contributed by atoms with Crippen LogP contribution in [0.5, 0.6) is 11.5 Å². The Bertz CT molecular complexity index is 951. The topological polar surface area (TPSA) is 54.3 Å². The molecule has 2 aromatic carbocycles. The predicted octanol–water partition coefficient (Wildman–Crippen LogP) is 4.95. The molecule has 1 spiro atoms. The number of benzene rings is 2. The number of para-hydroxylation sites is 1. The smallest absolute Gasteiger partial charge is 0.220 e. The highest BCUT2D eigenvalue weighted by Crippen LogP contribution is 2.50. The van der Waals surface area contributed by atoms with Gasteiger partial charge in [-0.1, -0.05) is 18.2 Å². The van der Waals surface area contributed by atoms with Crippen LogP contribution in [0.2, 0.25) is 0 Å². The van der Waals surface area contributed by atoms with Crippen LogP contribution in [0, 0.1) is 0 Å². The monoisotopic (exact) mass is 376 g/mol. The Balaban J connectivity index is 1.56. The highest BCUT2D eigenvalue weighted by Gasteiger charge is 2.50. The summed E-state index contributed by atoms with van der Waals surface area (Å²) >= 11 is 0. The SMILES string of the molecule is CCOc1ccc(C2=NN3[C@H](C2)c2ccccc2O[C@]32C=C(O)CCC2)cc1. The molecule has 2 atom stereocenters. The van der Waals surface area contributed by atoms with E-state index in [-0.39, 0.29) is 6.04 Å². The summed E-state index contributed by atoms with van der Waals surface area (Å²) in [4.78, 5) is 0. The zero-order valence-electron chi connectivity index (χ0n) is 16.0. The number of rotatable bonds is 3. The summed E-state index contributed by atoms with van der Waals surface area (Å²) in [6.45, 7) is 2.64. The Labute approximate surface area is 164 Å². The molecule has 0 unspecified atom stereocenters. The van der Waals surface area contributed by atoms with Crippen LogP contribution in [0.15, 0.2) is 65.5 Å². The average molecular weight is 376 g/mol. The van der Waals surface area contributed by atoms with Crippen LogP contribution in [0.3, 0.4) is 0 Å². The third-order valence-electron chi connectivity index (χ3n) is 5.72. The first-order chi connectivity index (χ1) is 13.7. The molecular weight excluding hydrogens is 352 g/mol. The first-order valence-electron chi connectivity index (χ1n) is 9.97. The van der Waals surface area contributed by atoms with E-state index in [1.54, 1.807) is 0 Å². The van der Waals surface area contributed by atoms with Gasteiger partial charge in [-0.15, -0.1) is 0 Å². The number of hydrogen-bond donors (Lipinski definition) is 1. The fraction of sp³-hybridized carbons (Fsp3) is 0.348. The molecule has 3 aliphatic rings. The Kier molecular flexibility index (Phi) is 4.04. The molecule has 2 aromatic rings. The van der Waals surface area contributed by atoms with Gasteiger partial charge in [0.05, 0.1) is 24.1 Å². The quantitative estimate of drug-likeness (QED) is 0.823. The number of aliphatic hydroxyl groups excluding tert-OH is 1. The Morgan fingerprint density at radius 2 is 2.04 bits per heavy atom. The Morgan fingerprint density at radius 1 is 1.21 bits per heavy atom. The number of ether oxygens (including phenoxy) is 2. The van der Waals surface area contributed by atoms with Crippen LogP contribution >= 0.6 is 0 Å². The minimum Gasteiger partial charge on any atom is -0.512 e. The average Bonchev–Trinajstić information content (AvgIpc) is 3.16. The highest BCUT2D eigenvalue weighted by atomic mass is 16.5. The van der Waals surface area contributed by atoms with Gasteiger partial charge in [-0.05, 0) is 49.2 Å². The first-order valence-corrected chi connectivity index (χ1v) is 9.97. The highest BCUT2D eigenvalue weighted by molar-refractivity contribution is 6.02. The van der Waals surface area contributed by atoms with Crippen molar-refractivity contribution in [2.24, 2.45) is 5.10 Å². The molecular formula is C23H24N2O3. The van der Waals surface area contributed by atoms with Crippen molar-refractivity contribution in [2.75, 3.05) is 6.61 Å². The van der Waals surface area contributed by atoms with Gasteiger partial charge < -0.3 is 14.6 Å². The molecule has 5 rings (SSSR count). The normalized spacial score (nSPS) is 25.5. The van der Waals surface area contributed by atoms with Crippen LogP contribution in [0.25, 0.3) is 0 Å². The van der Waals surface area contributed by atoms with E-state index in [9.17, 15) is 5.11 Å². The van der Waals surface area contributed by atoms with Crippen LogP contribution in [0.1, 0.15) is 49.8 Å². The van der Waals surface area contributed by atoms with Crippen molar-refractivity contribution in [1.29, 1.82) is 0 Å².